The number of hydrogen-bond donors (Lipinski definition) is 1. The number of aliphatic hydroxyl groups is 1. The van der Waals surface area contributed by atoms with Gasteiger partial charge in [-0.25, -0.2) is 4.39 Å². The van der Waals surface area contributed by atoms with Crippen molar-refractivity contribution >= 4 is 16.8 Å². The maximum Gasteiger partial charge on any atom is 0.256 e. The average Bonchev–Trinajstić information content (AvgIpc) is 3.27. The number of carbonyl (C=O) groups is 1. The van der Waals surface area contributed by atoms with Crippen LogP contribution in [0.3, 0.4) is 0 Å². The zero-order chi connectivity index (χ0) is 25.4. The average molecular weight is 493 g/mol. The quantitative estimate of drug-likeness (QED) is 0.537. The lowest BCUT2D eigenvalue weighted by Gasteiger charge is -2.40. The molecule has 1 saturated heterocycles. The fourth-order valence-corrected chi connectivity index (χ4v) is 6.01. The minimum atomic E-state index is -0.421. The fraction of sp³-hybridized carbons (Fsp3) is 0.517. The van der Waals surface area contributed by atoms with Crippen LogP contribution in [0.2, 0.25) is 0 Å². The van der Waals surface area contributed by atoms with Gasteiger partial charge in [0.2, 0.25) is 0 Å². The molecule has 5 rings (SSSR count). The Bertz CT molecular complexity index is 1230. The summed E-state index contributed by atoms with van der Waals surface area (Å²) in [6.45, 7) is 5.78. The number of likely N-dealkylation sites (tertiary alicyclic amines) is 1. The van der Waals surface area contributed by atoms with E-state index in [0.717, 1.165) is 62.5 Å². The summed E-state index contributed by atoms with van der Waals surface area (Å²) in [7, 11) is 1.75. The van der Waals surface area contributed by atoms with Crippen molar-refractivity contribution < 1.29 is 14.3 Å². The molecule has 0 bridgehead atoms. The van der Waals surface area contributed by atoms with Crippen LogP contribution in [0.25, 0.3) is 16.6 Å². The molecule has 192 valence electrons. The van der Waals surface area contributed by atoms with Gasteiger partial charge in [0.25, 0.3) is 5.91 Å². The van der Waals surface area contributed by atoms with Crippen LogP contribution in [0.15, 0.2) is 42.9 Å². The molecular formula is C29H37FN4O2. The molecule has 3 aromatic rings. The lowest BCUT2D eigenvalue weighted by molar-refractivity contribution is 0.0345. The Labute approximate surface area is 212 Å². The highest BCUT2D eigenvalue weighted by Gasteiger charge is 2.31. The molecule has 2 aromatic heterocycles. The molecule has 0 spiro atoms. The van der Waals surface area contributed by atoms with E-state index in [2.05, 4.69) is 22.1 Å². The highest BCUT2D eigenvalue weighted by Crippen LogP contribution is 2.40. The second-order valence-corrected chi connectivity index (χ2v) is 10.8. The van der Waals surface area contributed by atoms with E-state index in [4.69, 9.17) is 0 Å². The first-order chi connectivity index (χ1) is 17.3. The van der Waals surface area contributed by atoms with Gasteiger partial charge in [-0.15, -0.1) is 0 Å². The fourth-order valence-electron chi connectivity index (χ4n) is 6.01. The molecule has 1 amide bonds. The van der Waals surface area contributed by atoms with Crippen molar-refractivity contribution in [2.24, 2.45) is 0 Å². The highest BCUT2D eigenvalue weighted by molar-refractivity contribution is 5.99. The van der Waals surface area contributed by atoms with E-state index in [1.54, 1.807) is 18.0 Å². The van der Waals surface area contributed by atoms with E-state index in [9.17, 15) is 14.3 Å². The molecule has 6 nitrogen and oxygen atoms in total. The maximum atomic E-state index is 14.3. The van der Waals surface area contributed by atoms with Gasteiger partial charge >= 0.3 is 0 Å². The van der Waals surface area contributed by atoms with Gasteiger partial charge in [0.1, 0.15) is 5.82 Å². The van der Waals surface area contributed by atoms with Gasteiger partial charge in [0.05, 0.1) is 29.1 Å². The van der Waals surface area contributed by atoms with Crippen LogP contribution >= 0.6 is 0 Å². The molecule has 1 aromatic carbocycles. The Morgan fingerprint density at radius 3 is 2.67 bits per heavy atom. The number of aliphatic hydroxyl groups excluding tert-OH is 1. The van der Waals surface area contributed by atoms with Crippen molar-refractivity contribution in [3.63, 3.8) is 0 Å². The standard InChI is InChI=1S/C29H37FN4O2/c1-19(2)32(3)29(36)25-15-21(30)8-11-27(25)34-18-26(24-12-13-31-16-28(24)34)20-6-9-22(10-7-20)33-14-4-5-23(35)17-33/h8,11-13,15-16,18-20,22-23,35H,4-7,9-10,14,17H2,1-3H3. The number of rotatable bonds is 5. The Balaban J connectivity index is 1.47. The Hall–Kier alpha value is -2.77. The molecule has 1 atom stereocenters. The Morgan fingerprint density at radius 2 is 1.94 bits per heavy atom. The summed E-state index contributed by atoms with van der Waals surface area (Å²) < 4.78 is 16.3. The first-order valence-corrected chi connectivity index (χ1v) is 13.3. The summed E-state index contributed by atoms with van der Waals surface area (Å²) >= 11 is 0. The van der Waals surface area contributed by atoms with Crippen LogP contribution in [0.5, 0.6) is 0 Å². The van der Waals surface area contributed by atoms with E-state index in [1.165, 1.54) is 17.7 Å². The third-order valence-corrected chi connectivity index (χ3v) is 8.26. The van der Waals surface area contributed by atoms with Crippen LogP contribution in [0, 0.1) is 5.82 Å². The van der Waals surface area contributed by atoms with Crippen LogP contribution < -0.4 is 0 Å². The van der Waals surface area contributed by atoms with Crippen molar-refractivity contribution in [2.75, 3.05) is 20.1 Å². The number of hydrogen-bond acceptors (Lipinski definition) is 4. The van der Waals surface area contributed by atoms with Crippen molar-refractivity contribution in [2.45, 2.75) is 76.5 Å². The van der Waals surface area contributed by atoms with Crippen LogP contribution in [0.4, 0.5) is 4.39 Å². The molecule has 1 aliphatic carbocycles. The molecule has 1 unspecified atom stereocenters. The molecule has 2 aliphatic rings. The van der Waals surface area contributed by atoms with E-state index >= 15 is 0 Å². The first-order valence-electron chi connectivity index (χ1n) is 13.3. The number of pyridine rings is 1. The molecular weight excluding hydrogens is 455 g/mol. The summed E-state index contributed by atoms with van der Waals surface area (Å²) in [5.41, 5.74) is 3.23. The molecule has 7 heteroatoms. The lowest BCUT2D eigenvalue weighted by atomic mass is 9.81. The topological polar surface area (TPSA) is 61.6 Å². The Kier molecular flexibility index (Phi) is 7.13. The van der Waals surface area contributed by atoms with Crippen LogP contribution in [-0.4, -0.2) is 68.7 Å². The summed E-state index contributed by atoms with van der Waals surface area (Å²) in [6.07, 6.45) is 12.0. The van der Waals surface area contributed by atoms with E-state index < -0.39 is 5.82 Å². The molecule has 1 N–H and O–H groups in total. The van der Waals surface area contributed by atoms with Gasteiger partial charge in [0, 0.05) is 43.5 Å². The van der Waals surface area contributed by atoms with Crippen LogP contribution in [0.1, 0.15) is 74.2 Å². The second-order valence-electron chi connectivity index (χ2n) is 10.8. The van der Waals surface area contributed by atoms with E-state index in [0.29, 0.717) is 23.2 Å². The van der Waals surface area contributed by atoms with E-state index in [1.807, 2.05) is 30.8 Å². The number of aromatic nitrogens is 2. The van der Waals surface area contributed by atoms with Gasteiger partial charge < -0.3 is 14.6 Å². The van der Waals surface area contributed by atoms with Crippen molar-refractivity contribution in [1.82, 2.24) is 19.4 Å². The predicted molar refractivity (Wildman–Crippen MR) is 140 cm³/mol. The summed E-state index contributed by atoms with van der Waals surface area (Å²) in [5, 5.41) is 11.3. The monoisotopic (exact) mass is 492 g/mol. The van der Waals surface area contributed by atoms with Crippen LogP contribution in [-0.2, 0) is 0 Å². The molecule has 0 radical (unpaired) electrons. The zero-order valence-electron chi connectivity index (χ0n) is 21.5. The largest absolute Gasteiger partial charge is 0.392 e. The van der Waals surface area contributed by atoms with Gasteiger partial charge in [0.15, 0.2) is 0 Å². The first kappa shape index (κ1) is 24.9. The van der Waals surface area contributed by atoms with Crippen molar-refractivity contribution in [1.29, 1.82) is 0 Å². The number of piperidine rings is 1. The number of carbonyl (C=O) groups excluding carboxylic acids is 1. The number of fused-ring (bicyclic) bond motifs is 1. The Morgan fingerprint density at radius 1 is 1.17 bits per heavy atom. The molecule has 1 aliphatic heterocycles. The number of amides is 1. The number of β-amino-alcohol motifs (C(OH)–C–C–N with tert-alkyl or cyclic N) is 1. The lowest BCUT2D eigenvalue weighted by Crippen LogP contribution is -2.45. The highest BCUT2D eigenvalue weighted by atomic mass is 19.1. The normalized spacial score (nSPS) is 23.3. The molecule has 1 saturated carbocycles. The summed E-state index contributed by atoms with van der Waals surface area (Å²) in [6, 6.07) is 7.06. The van der Waals surface area contributed by atoms with Gasteiger partial charge in [-0.3, -0.25) is 14.7 Å². The summed E-state index contributed by atoms with van der Waals surface area (Å²) in [4.78, 5) is 21.8. The van der Waals surface area contributed by atoms with E-state index in [-0.39, 0.29) is 18.1 Å². The molecule has 3 heterocycles. The number of halogens is 1. The van der Waals surface area contributed by atoms with Gasteiger partial charge in [-0.1, -0.05) is 0 Å². The maximum absolute atomic E-state index is 14.3. The minimum Gasteiger partial charge on any atom is -0.392 e. The van der Waals surface area contributed by atoms with Gasteiger partial charge in [-0.05, 0) is 94.7 Å². The number of nitrogens with zero attached hydrogens (tertiary/aromatic N) is 4. The zero-order valence-corrected chi connectivity index (χ0v) is 21.5. The van der Waals surface area contributed by atoms with Crippen molar-refractivity contribution in [3.8, 4) is 5.69 Å². The SMILES string of the molecule is CC(C)N(C)C(=O)c1cc(F)ccc1-n1cc(C2CCC(N3CCCC(O)C3)CC2)c2ccncc21. The van der Waals surface area contributed by atoms with Crippen molar-refractivity contribution in [3.05, 3.63) is 59.8 Å². The molecule has 36 heavy (non-hydrogen) atoms. The third-order valence-electron chi connectivity index (χ3n) is 8.26. The summed E-state index contributed by atoms with van der Waals surface area (Å²) in [5.74, 6) is -0.203. The number of benzene rings is 1. The minimum absolute atomic E-state index is 0.00320. The molecule has 2 fully saturated rings. The predicted octanol–water partition coefficient (Wildman–Crippen LogP) is 5.13. The second kappa shape index (κ2) is 10.3. The smallest absolute Gasteiger partial charge is 0.256 e. The third kappa shape index (κ3) is 4.78. The van der Waals surface area contributed by atoms with Gasteiger partial charge in [-0.2, -0.15) is 0 Å².